The Morgan fingerprint density at radius 1 is 0.663 bits per heavy atom. The number of rotatable bonds is 41. The molecule has 0 aliphatic carbocycles. The number of azide groups is 1. The first kappa shape index (κ1) is 83.3. The Kier molecular flexibility index (Phi) is 35.1. The normalized spacial score (nSPS) is 19.6. The summed E-state index contributed by atoms with van der Waals surface area (Å²) in [4.78, 5) is 167. The summed E-state index contributed by atoms with van der Waals surface area (Å²) < 4.78 is 12.1. The number of carboxylic acid groups (broad SMARTS) is 2. The largest absolute Gasteiger partial charge is 0.481 e. The monoisotopic (exact) mass is 1380 g/mol. The second kappa shape index (κ2) is 41.4. The first-order valence-corrected chi connectivity index (χ1v) is 32.2. The fourth-order valence-corrected chi connectivity index (χ4v) is 10.0. The number of benzene rings is 2. The minimum Gasteiger partial charge on any atom is -0.481 e. The maximum atomic E-state index is 15.0. The molecule has 0 spiro atoms. The summed E-state index contributed by atoms with van der Waals surface area (Å²) in [5.41, 5.74) is 20.8. The number of aliphatic hydroxyl groups is 4. The second-order valence-corrected chi connectivity index (χ2v) is 24.7. The third kappa shape index (κ3) is 26.5. The van der Waals surface area contributed by atoms with Crippen molar-refractivity contribution < 1.29 is 97.6 Å². The van der Waals surface area contributed by atoms with Gasteiger partial charge in [-0.2, -0.15) is 0 Å². The van der Waals surface area contributed by atoms with Crippen LogP contribution in [0.1, 0.15) is 123 Å². The Morgan fingerprint density at radius 3 is 1.83 bits per heavy atom. The zero-order valence-corrected chi connectivity index (χ0v) is 56.3. The molecule has 10 amide bonds. The van der Waals surface area contributed by atoms with E-state index >= 15 is 9.59 Å². The number of amides is 10. The van der Waals surface area contributed by atoms with Crippen LogP contribution in [0.3, 0.4) is 0 Å². The summed E-state index contributed by atoms with van der Waals surface area (Å²) >= 11 is 0. The molecule has 544 valence electrons. The molecule has 17 atom stereocenters. The lowest BCUT2D eigenvalue weighted by molar-refractivity contribution is -0.280. The molecule has 3 rings (SSSR count). The molecule has 1 fully saturated rings. The van der Waals surface area contributed by atoms with Crippen LogP contribution >= 0.6 is 0 Å². The quantitative estimate of drug-likeness (QED) is 0.0140. The molecule has 1 heterocycles. The number of carbonyl (C=O) groups excluding carboxylic acids is 10. The molecule has 0 aromatic heterocycles. The van der Waals surface area contributed by atoms with Crippen molar-refractivity contribution in [3.8, 4) is 0 Å². The summed E-state index contributed by atoms with van der Waals surface area (Å²) in [5.74, 6) is -14.1. The third-order valence-corrected chi connectivity index (χ3v) is 16.0. The van der Waals surface area contributed by atoms with Crippen molar-refractivity contribution in [1.29, 1.82) is 0 Å². The number of nitrogens with zero attached hydrogens (tertiary/aromatic N) is 3. The summed E-state index contributed by atoms with van der Waals surface area (Å²) in [5, 5.41) is 91.1. The predicted molar refractivity (Wildman–Crippen MR) is 350 cm³/mol. The Morgan fingerprint density at radius 2 is 1.24 bits per heavy atom. The van der Waals surface area contributed by atoms with E-state index in [0.29, 0.717) is 24.8 Å². The van der Waals surface area contributed by atoms with E-state index in [1.165, 1.54) is 38.1 Å². The number of nitrogens with one attached hydrogen (secondary N) is 10. The van der Waals surface area contributed by atoms with E-state index in [9.17, 15) is 84.1 Å². The van der Waals surface area contributed by atoms with Crippen LogP contribution in [0.2, 0.25) is 0 Å². The standard InChI is InChI=1S/C63H97N15O20/c1-10-32(6)47(73-58(91)46(65)31(4)5)59(92)74-48(34(8)80)60(93)68-33(7)53(86)72-42(27-36-18-12-11-13-19-36)57(90)75-49(35(9)97-63-50(52(85)51(84)43(29-79)98-63)76-54(87)37-20-14-15-21-38(37)77-78-66)61(94)70-39(23-24-45(82)83)55(88)67-28-44(81)69-41(26-30(2)3)56(89)71-40(62(95)96)22-16-17-25-64/h11-15,18-21,30-35,39-43,46-52,63,79-80,84-85H,10,16-17,22-29,64-65H2,1-9H3,(H,67,88)(H,68,93)(H,69,81)(H,70,94)(H,71,89)(H,72,86)(H,73,91)(H,74,92)(H,75,90)(H,76,87)(H,82,83)(H,95,96)/t32-,33-,34+,35+,39-,40-,41-,42-,43+,46-,47-,48-,49-,50+,51-,52+,63-/m0/s1. The average Bonchev–Trinajstić information content (AvgIpc) is 0.800. The fraction of sp³-hybridized carbons (Fsp3) is 0.619. The van der Waals surface area contributed by atoms with Crippen LogP contribution < -0.4 is 64.6 Å². The molecule has 0 saturated carbocycles. The maximum Gasteiger partial charge on any atom is 0.326 e. The average molecular weight is 1380 g/mol. The van der Waals surface area contributed by atoms with Gasteiger partial charge in [-0.15, -0.1) is 0 Å². The van der Waals surface area contributed by atoms with Gasteiger partial charge in [0.05, 0.1) is 37.1 Å². The van der Waals surface area contributed by atoms with E-state index in [1.54, 1.807) is 71.9 Å². The highest BCUT2D eigenvalue weighted by atomic mass is 16.7. The molecule has 0 bridgehead atoms. The molecule has 98 heavy (non-hydrogen) atoms. The molecule has 35 nitrogen and oxygen atoms in total. The molecule has 2 aromatic rings. The lowest BCUT2D eigenvalue weighted by atomic mass is 9.96. The first-order chi connectivity index (χ1) is 46.2. The van der Waals surface area contributed by atoms with Crippen LogP contribution in [0.4, 0.5) is 5.69 Å². The molecule has 0 radical (unpaired) electrons. The third-order valence-electron chi connectivity index (χ3n) is 16.0. The topological polar surface area (TPSA) is 566 Å². The number of aliphatic hydroxyl groups excluding tert-OH is 4. The van der Waals surface area contributed by atoms with Gasteiger partial charge in [-0.25, -0.2) is 4.79 Å². The van der Waals surface area contributed by atoms with Crippen LogP contribution in [0.25, 0.3) is 10.4 Å². The number of unbranched alkanes of at least 4 members (excludes halogenated alkanes) is 1. The molecule has 2 aromatic carbocycles. The molecule has 1 aliphatic heterocycles. The zero-order chi connectivity index (χ0) is 73.7. The Bertz CT molecular complexity index is 3080. The highest BCUT2D eigenvalue weighted by Crippen LogP contribution is 2.26. The van der Waals surface area contributed by atoms with Gasteiger partial charge in [-0.1, -0.05) is 102 Å². The molecular weight excluding hydrogens is 1290 g/mol. The van der Waals surface area contributed by atoms with E-state index in [0.717, 1.165) is 6.92 Å². The van der Waals surface area contributed by atoms with Gasteiger partial charge in [-0.3, -0.25) is 52.7 Å². The van der Waals surface area contributed by atoms with Gasteiger partial charge in [0.1, 0.15) is 72.7 Å². The van der Waals surface area contributed by atoms with E-state index in [-0.39, 0.29) is 48.9 Å². The van der Waals surface area contributed by atoms with Crippen molar-refractivity contribution in [1.82, 2.24) is 53.2 Å². The van der Waals surface area contributed by atoms with Gasteiger partial charge in [0.15, 0.2) is 6.29 Å². The van der Waals surface area contributed by atoms with Crippen molar-refractivity contribution in [2.45, 2.75) is 211 Å². The fourth-order valence-electron chi connectivity index (χ4n) is 10.0. The zero-order valence-electron chi connectivity index (χ0n) is 56.3. The lowest BCUT2D eigenvalue weighted by Gasteiger charge is -2.43. The van der Waals surface area contributed by atoms with Crippen molar-refractivity contribution in [2.75, 3.05) is 19.7 Å². The van der Waals surface area contributed by atoms with Crippen LogP contribution in [-0.2, 0) is 68.6 Å². The number of ether oxygens (including phenoxy) is 2. The van der Waals surface area contributed by atoms with Crippen LogP contribution in [0.5, 0.6) is 0 Å². The number of carbonyl (C=O) groups is 12. The van der Waals surface area contributed by atoms with Crippen LogP contribution in [0.15, 0.2) is 59.7 Å². The lowest BCUT2D eigenvalue weighted by Crippen LogP contribution is -2.66. The highest BCUT2D eigenvalue weighted by molar-refractivity contribution is 6.00. The molecule has 1 saturated heterocycles. The minimum atomic E-state index is -2.12. The van der Waals surface area contributed by atoms with E-state index in [2.05, 4.69) is 63.2 Å². The molecule has 20 N–H and O–H groups in total. The van der Waals surface area contributed by atoms with E-state index in [4.69, 9.17) is 20.9 Å². The molecule has 0 unspecified atom stereocenters. The smallest absolute Gasteiger partial charge is 0.326 e. The molecule has 35 heteroatoms. The predicted octanol–water partition coefficient (Wildman–Crippen LogP) is -2.64. The highest BCUT2D eigenvalue weighted by Gasteiger charge is 2.48. The van der Waals surface area contributed by atoms with Crippen molar-refractivity contribution >= 4 is 76.7 Å². The Balaban J connectivity index is 2.12. The van der Waals surface area contributed by atoms with Gasteiger partial charge in [-0.05, 0) is 94.3 Å². The SMILES string of the molecule is CC[C@H](C)[C@H](NC(=O)[C@@H](N)C(C)C)C(=O)N[C@H](C(=O)N[C@@H](C)C(=O)N[C@@H](Cc1ccccc1)C(=O)N[C@H](C(=O)N[C@@H](CCC(=O)O)C(=O)NCC(=O)N[C@@H](CC(C)C)C(=O)N[C@@H](CCCCN)C(=O)O)[C@@H](C)O[C@H]1O[C@H](CO)[C@H](O)[C@H](O)[C@H]1NC(=O)c1ccccc1N=[N+]=[N-])[C@@H](C)O. The van der Waals surface area contributed by atoms with Crippen molar-refractivity contribution in [2.24, 2.45) is 34.3 Å². The van der Waals surface area contributed by atoms with Crippen molar-refractivity contribution in [3.63, 3.8) is 0 Å². The van der Waals surface area contributed by atoms with Gasteiger partial charge < -0.3 is 105 Å². The summed E-state index contributed by atoms with van der Waals surface area (Å²) in [6.45, 7) is 12.2. The van der Waals surface area contributed by atoms with Crippen LogP contribution in [-0.4, -0.2) is 219 Å². The van der Waals surface area contributed by atoms with Gasteiger partial charge >= 0.3 is 11.9 Å². The molecule has 1 aliphatic rings. The number of aliphatic carboxylic acids is 2. The van der Waals surface area contributed by atoms with E-state index in [1.807, 2.05) is 0 Å². The summed E-state index contributed by atoms with van der Waals surface area (Å²) in [6, 6.07) is -2.37. The van der Waals surface area contributed by atoms with Crippen molar-refractivity contribution in [3.05, 3.63) is 76.2 Å². The van der Waals surface area contributed by atoms with Gasteiger partial charge in [0, 0.05) is 23.3 Å². The minimum absolute atomic E-state index is 0.00519. The summed E-state index contributed by atoms with van der Waals surface area (Å²) in [6.07, 6.45) is -11.6. The first-order valence-electron chi connectivity index (χ1n) is 32.2. The van der Waals surface area contributed by atoms with Crippen LogP contribution in [0, 0.1) is 17.8 Å². The number of hydrogen-bond acceptors (Lipinski definition) is 21. The van der Waals surface area contributed by atoms with Gasteiger partial charge in [0.2, 0.25) is 53.2 Å². The summed E-state index contributed by atoms with van der Waals surface area (Å²) in [7, 11) is 0. The number of nitrogens with two attached hydrogens (primary N) is 2. The maximum absolute atomic E-state index is 15.0. The number of carboxylic acids is 2. The second-order valence-electron chi connectivity index (χ2n) is 24.7. The Labute approximate surface area is 566 Å². The molecular formula is C63H97N15O20. The number of hydrogen-bond donors (Lipinski definition) is 18. The van der Waals surface area contributed by atoms with Gasteiger partial charge in [0.25, 0.3) is 5.91 Å². The van der Waals surface area contributed by atoms with E-state index < -0.39 is 200 Å². The Hall–Kier alpha value is -8.93.